The number of nitrogens with two attached hydrogens (primary N) is 1. The number of carboxylic acids is 1. The van der Waals surface area contributed by atoms with E-state index in [2.05, 4.69) is 0 Å². The molecular weight excluding hydrogens is 134 g/mol. The number of Topliss-reactive ketones (excluding diaryl/α,β-unsaturated/α-hetero) is 1. The zero-order valence-electron chi connectivity index (χ0n) is 6.00. The van der Waals surface area contributed by atoms with E-state index in [4.69, 9.17) is 10.8 Å². The summed E-state index contributed by atoms with van der Waals surface area (Å²) in [6, 6.07) is -1.07. The highest BCUT2D eigenvalue weighted by atomic mass is 16.4. The molecule has 4 nitrogen and oxygen atoms in total. The maximum absolute atomic E-state index is 10.5. The fourth-order valence-electron chi connectivity index (χ4n) is 0.467. The minimum absolute atomic E-state index is 0.199. The van der Waals surface area contributed by atoms with E-state index in [1.54, 1.807) is 0 Å². The lowest BCUT2D eigenvalue weighted by atomic mass is 9.99. The lowest BCUT2D eigenvalue weighted by molar-refractivity contribution is -0.141. The molecule has 0 saturated heterocycles. The molecule has 0 saturated carbocycles. The van der Waals surface area contributed by atoms with Gasteiger partial charge in [-0.05, 0) is 6.92 Å². The van der Waals surface area contributed by atoms with Crippen molar-refractivity contribution in [3.63, 3.8) is 0 Å². The summed E-state index contributed by atoms with van der Waals surface area (Å²) in [4.78, 5) is 20.7. The number of carbonyl (C=O) groups excluding carboxylic acids is 1. The molecule has 0 heterocycles. The van der Waals surface area contributed by atoms with Gasteiger partial charge in [-0.3, -0.25) is 9.59 Å². The van der Waals surface area contributed by atoms with E-state index in [0.717, 1.165) is 0 Å². The van der Waals surface area contributed by atoms with Crippen LogP contribution in [0.25, 0.3) is 0 Å². The van der Waals surface area contributed by atoms with Crippen LogP contribution in [0.15, 0.2) is 0 Å². The minimum Gasteiger partial charge on any atom is -0.480 e. The second-order valence-electron chi connectivity index (χ2n) is 2.26. The summed E-state index contributed by atoms with van der Waals surface area (Å²) in [6.07, 6.45) is 0. The molecule has 0 aliphatic rings. The maximum atomic E-state index is 10.5. The largest absolute Gasteiger partial charge is 0.480 e. The van der Waals surface area contributed by atoms with Gasteiger partial charge in [0.05, 0.1) is 0 Å². The van der Waals surface area contributed by atoms with Crippen LogP contribution in [0.5, 0.6) is 0 Å². The highest BCUT2D eigenvalue weighted by Gasteiger charge is 2.22. The molecule has 4 heteroatoms. The monoisotopic (exact) mass is 145 g/mol. The number of aliphatic carboxylic acids is 1. The van der Waals surface area contributed by atoms with Crippen molar-refractivity contribution in [1.82, 2.24) is 0 Å². The fraction of sp³-hybridized carbons (Fsp3) is 0.667. The zero-order chi connectivity index (χ0) is 8.31. The number of carbonyl (C=O) groups is 2. The predicted octanol–water partition coefficient (Wildman–Crippen LogP) is -0.377. The molecule has 0 unspecified atom stereocenters. The molecule has 0 amide bonds. The van der Waals surface area contributed by atoms with E-state index in [1.165, 1.54) is 13.8 Å². The van der Waals surface area contributed by atoms with Crippen LogP contribution in [0.3, 0.4) is 0 Å². The van der Waals surface area contributed by atoms with Crippen LogP contribution < -0.4 is 5.73 Å². The molecule has 0 aromatic carbocycles. The third kappa shape index (κ3) is 2.14. The lowest BCUT2D eigenvalue weighted by Gasteiger charge is -2.11. The van der Waals surface area contributed by atoms with E-state index in [9.17, 15) is 9.59 Å². The van der Waals surface area contributed by atoms with Crippen molar-refractivity contribution in [3.05, 3.63) is 0 Å². The quantitative estimate of drug-likeness (QED) is 0.567. The van der Waals surface area contributed by atoms with Gasteiger partial charge >= 0.3 is 5.97 Å². The van der Waals surface area contributed by atoms with Crippen molar-refractivity contribution < 1.29 is 14.7 Å². The van der Waals surface area contributed by atoms with E-state index < -0.39 is 17.9 Å². The molecule has 0 spiro atoms. The van der Waals surface area contributed by atoms with Gasteiger partial charge in [0.15, 0.2) is 0 Å². The van der Waals surface area contributed by atoms with Crippen molar-refractivity contribution >= 4 is 11.8 Å². The topological polar surface area (TPSA) is 80.4 Å². The normalized spacial score (nSPS) is 15.9. The van der Waals surface area contributed by atoms with E-state index in [1.807, 2.05) is 0 Å². The number of ketones is 1. The predicted molar refractivity (Wildman–Crippen MR) is 35.5 cm³/mol. The van der Waals surface area contributed by atoms with Gasteiger partial charge in [0.1, 0.15) is 11.8 Å². The van der Waals surface area contributed by atoms with Crippen molar-refractivity contribution in [2.24, 2.45) is 11.7 Å². The molecule has 10 heavy (non-hydrogen) atoms. The highest BCUT2D eigenvalue weighted by Crippen LogP contribution is 2.00. The maximum Gasteiger partial charge on any atom is 0.321 e. The van der Waals surface area contributed by atoms with Crippen LogP contribution in [0.2, 0.25) is 0 Å². The first-order chi connectivity index (χ1) is 4.46. The average molecular weight is 145 g/mol. The molecule has 0 radical (unpaired) electrons. The summed E-state index contributed by atoms with van der Waals surface area (Å²) < 4.78 is 0. The molecule has 2 atom stereocenters. The van der Waals surface area contributed by atoms with Crippen LogP contribution in [0.4, 0.5) is 0 Å². The Labute approximate surface area is 59.0 Å². The third-order valence-electron chi connectivity index (χ3n) is 1.47. The molecule has 0 aromatic rings. The van der Waals surface area contributed by atoms with E-state index in [0.29, 0.717) is 0 Å². The summed E-state index contributed by atoms with van der Waals surface area (Å²) >= 11 is 0. The standard InChI is InChI=1S/C6H11NO3/c1-3(4(2)8)5(7)6(9)10/h3,5H,7H2,1-2H3,(H,9,10)/t3-,5-/m1/s1. The first-order valence-corrected chi connectivity index (χ1v) is 2.95. The number of hydrogen-bond acceptors (Lipinski definition) is 3. The Bertz CT molecular complexity index is 137. The zero-order valence-corrected chi connectivity index (χ0v) is 6.00. The van der Waals surface area contributed by atoms with Crippen LogP contribution in [-0.4, -0.2) is 22.9 Å². The van der Waals surface area contributed by atoms with Crippen LogP contribution in [0, 0.1) is 5.92 Å². The summed E-state index contributed by atoms with van der Waals surface area (Å²) in [5.41, 5.74) is 5.14. The minimum atomic E-state index is -1.14. The average Bonchev–Trinajstić information content (AvgIpc) is 1.84. The second kappa shape index (κ2) is 3.31. The van der Waals surface area contributed by atoms with Crippen molar-refractivity contribution in [1.29, 1.82) is 0 Å². The molecular formula is C6H11NO3. The molecule has 3 N–H and O–H groups in total. The van der Waals surface area contributed by atoms with Crippen molar-refractivity contribution in [2.45, 2.75) is 19.9 Å². The van der Waals surface area contributed by atoms with Gasteiger partial charge in [0.25, 0.3) is 0 Å². The third-order valence-corrected chi connectivity index (χ3v) is 1.47. The number of hydrogen-bond donors (Lipinski definition) is 2. The lowest BCUT2D eigenvalue weighted by Crippen LogP contribution is -2.39. The molecule has 0 aliphatic heterocycles. The van der Waals surface area contributed by atoms with Gasteiger partial charge in [-0.25, -0.2) is 0 Å². The van der Waals surface area contributed by atoms with Gasteiger partial charge in [0.2, 0.25) is 0 Å². The van der Waals surface area contributed by atoms with Crippen LogP contribution >= 0.6 is 0 Å². The van der Waals surface area contributed by atoms with Gasteiger partial charge < -0.3 is 10.8 Å². The Kier molecular flexibility index (Phi) is 3.02. The molecule has 0 bridgehead atoms. The molecule has 0 aliphatic carbocycles. The smallest absolute Gasteiger partial charge is 0.321 e. The van der Waals surface area contributed by atoms with E-state index >= 15 is 0 Å². The Balaban J connectivity index is 4.07. The Morgan fingerprint density at radius 3 is 2.00 bits per heavy atom. The summed E-state index contributed by atoms with van der Waals surface area (Å²) in [7, 11) is 0. The van der Waals surface area contributed by atoms with Gasteiger partial charge in [-0.15, -0.1) is 0 Å². The van der Waals surface area contributed by atoms with Crippen molar-refractivity contribution in [3.8, 4) is 0 Å². The summed E-state index contributed by atoms with van der Waals surface area (Å²) in [6.45, 7) is 2.83. The molecule has 0 aromatic heterocycles. The highest BCUT2D eigenvalue weighted by molar-refractivity contribution is 5.85. The van der Waals surface area contributed by atoms with Crippen molar-refractivity contribution in [2.75, 3.05) is 0 Å². The Morgan fingerprint density at radius 1 is 1.50 bits per heavy atom. The summed E-state index contributed by atoms with van der Waals surface area (Å²) in [5, 5.41) is 8.32. The Morgan fingerprint density at radius 2 is 1.90 bits per heavy atom. The first kappa shape index (κ1) is 9.10. The van der Waals surface area contributed by atoms with Crippen LogP contribution in [-0.2, 0) is 9.59 Å². The molecule has 0 rings (SSSR count). The van der Waals surface area contributed by atoms with Gasteiger partial charge in [-0.2, -0.15) is 0 Å². The molecule has 0 fully saturated rings. The van der Waals surface area contributed by atoms with Crippen LogP contribution in [0.1, 0.15) is 13.8 Å². The number of rotatable bonds is 3. The second-order valence-corrected chi connectivity index (χ2v) is 2.26. The summed E-state index contributed by atoms with van der Waals surface area (Å²) in [5.74, 6) is -1.94. The van der Waals surface area contributed by atoms with Gasteiger partial charge in [0, 0.05) is 5.92 Å². The van der Waals surface area contributed by atoms with E-state index in [-0.39, 0.29) is 5.78 Å². The first-order valence-electron chi connectivity index (χ1n) is 2.95. The van der Waals surface area contributed by atoms with Gasteiger partial charge in [-0.1, -0.05) is 6.92 Å². The SMILES string of the molecule is CC(=O)[C@@H](C)[C@@H](N)C(=O)O. The molecule has 58 valence electrons. The Hall–Kier alpha value is -0.900. The number of carboxylic acid groups (broad SMARTS) is 1. The fourth-order valence-corrected chi connectivity index (χ4v) is 0.467.